The van der Waals surface area contributed by atoms with Crippen molar-refractivity contribution in [3.63, 3.8) is 0 Å². The molecule has 0 amide bonds. The van der Waals surface area contributed by atoms with Crippen molar-refractivity contribution in [1.29, 1.82) is 0 Å². The predicted octanol–water partition coefficient (Wildman–Crippen LogP) is 10.5. The molecule has 3 aromatic carbocycles. The molecule has 1 aromatic heterocycles. The zero-order valence-corrected chi connectivity index (χ0v) is 30.5. The van der Waals surface area contributed by atoms with E-state index in [0.717, 1.165) is 34.4 Å². The van der Waals surface area contributed by atoms with Gasteiger partial charge in [-0.05, 0) is 40.8 Å². The molecule has 1 N–H and O–H groups in total. The van der Waals surface area contributed by atoms with Crippen LogP contribution in [0.4, 0.5) is 0 Å². The zero-order chi connectivity index (χ0) is 31.6. The SMILES string of the molecule is CCC(C)(C)/C(O)=C/C(=O)C(C)(C)C.Cc1cccc2ccc3c(-c4[c-]cc(C(C)(C)C)cc4)nc(C(C)C)nc3c12.[Ir]. The van der Waals surface area contributed by atoms with Crippen LogP contribution < -0.4 is 0 Å². The van der Waals surface area contributed by atoms with Crippen molar-refractivity contribution >= 4 is 27.5 Å². The van der Waals surface area contributed by atoms with Gasteiger partial charge in [0.2, 0.25) is 0 Å². The number of carbonyl (C=O) groups is 1. The molecule has 0 aliphatic carbocycles. The quantitative estimate of drug-likeness (QED) is 0.0953. The minimum atomic E-state index is -0.419. The van der Waals surface area contributed by atoms with E-state index in [1.165, 1.54) is 28.0 Å². The summed E-state index contributed by atoms with van der Waals surface area (Å²) in [6.07, 6.45) is 2.18. The first-order valence-electron chi connectivity index (χ1n) is 15.0. The molecule has 43 heavy (non-hydrogen) atoms. The van der Waals surface area contributed by atoms with Gasteiger partial charge in [0.1, 0.15) is 11.6 Å². The molecule has 0 aliphatic heterocycles. The molecule has 0 atom stereocenters. The Hall–Kier alpha value is -2.88. The number of carbonyl (C=O) groups excluding carboxylic acids is 1. The Bertz CT molecular complexity index is 1600. The van der Waals surface area contributed by atoms with E-state index in [1.807, 2.05) is 41.5 Å². The normalized spacial score (nSPS) is 12.6. The molecular formula is C38H49IrN2O2-. The predicted molar refractivity (Wildman–Crippen MR) is 178 cm³/mol. The number of ketones is 1. The molecule has 0 saturated heterocycles. The maximum atomic E-state index is 11.6. The van der Waals surface area contributed by atoms with Crippen molar-refractivity contribution in [2.45, 2.75) is 101 Å². The molecule has 0 bridgehead atoms. The molecule has 0 spiro atoms. The Kier molecular flexibility index (Phi) is 11.7. The van der Waals surface area contributed by atoms with Crippen molar-refractivity contribution in [3.05, 3.63) is 83.4 Å². The molecule has 0 unspecified atom stereocenters. The minimum Gasteiger partial charge on any atom is -0.512 e. The Morgan fingerprint density at radius 2 is 1.60 bits per heavy atom. The number of nitrogens with zero attached hydrogens (tertiary/aromatic N) is 2. The second kappa shape index (κ2) is 13.8. The van der Waals surface area contributed by atoms with Crippen LogP contribution in [0.3, 0.4) is 0 Å². The van der Waals surface area contributed by atoms with Crippen LogP contribution in [0.1, 0.15) is 105 Å². The monoisotopic (exact) mass is 758 g/mol. The molecular weight excluding hydrogens is 709 g/mol. The van der Waals surface area contributed by atoms with Crippen LogP contribution >= 0.6 is 0 Å². The zero-order valence-electron chi connectivity index (χ0n) is 28.1. The number of rotatable bonds is 5. The summed E-state index contributed by atoms with van der Waals surface area (Å²) in [5.41, 5.74) is 4.94. The number of benzene rings is 3. The third-order valence-electron chi connectivity index (χ3n) is 7.97. The summed E-state index contributed by atoms with van der Waals surface area (Å²) in [5, 5.41) is 13.3. The van der Waals surface area contributed by atoms with Crippen LogP contribution in [0.2, 0.25) is 0 Å². The number of aliphatic hydroxyl groups is 1. The standard InChI is InChI=1S/C26H27N2.C12H22O2.Ir/c1-16(2)25-27-23(19-10-13-20(14-11-19)26(4,5)6)21-15-12-18-9-7-8-17(3)22(18)24(21)28-25;1-7-12(5,6)10(14)8-9(13)11(2,3)4;/h7-10,12-16H,1-6H3;8,14H,7H2,1-6H3;/q-1;;/b;10-8-;. The van der Waals surface area contributed by atoms with E-state index in [4.69, 9.17) is 9.97 Å². The molecule has 0 aliphatic rings. The minimum absolute atomic E-state index is 0. The molecule has 5 heteroatoms. The van der Waals surface area contributed by atoms with Crippen LogP contribution in [0, 0.1) is 23.8 Å². The maximum absolute atomic E-state index is 11.6. The van der Waals surface area contributed by atoms with Gasteiger partial charge < -0.3 is 5.11 Å². The summed E-state index contributed by atoms with van der Waals surface area (Å²) < 4.78 is 0. The smallest absolute Gasteiger partial charge is 0.164 e. The second-order valence-corrected chi connectivity index (χ2v) is 14.3. The van der Waals surface area contributed by atoms with Crippen molar-refractivity contribution in [1.82, 2.24) is 9.97 Å². The van der Waals surface area contributed by atoms with Gasteiger partial charge in [0.25, 0.3) is 0 Å². The van der Waals surface area contributed by atoms with Gasteiger partial charge in [-0.3, -0.25) is 9.78 Å². The third-order valence-corrected chi connectivity index (χ3v) is 7.97. The molecule has 1 heterocycles. The number of aromatic nitrogens is 2. The second-order valence-electron chi connectivity index (χ2n) is 14.3. The fraction of sp³-hybridized carbons (Fsp3) is 0.447. The third kappa shape index (κ3) is 8.61. The number of allylic oxidation sites excluding steroid dienone is 2. The first kappa shape index (κ1) is 36.3. The number of aryl methyl sites for hydroxylation is 1. The summed E-state index contributed by atoms with van der Waals surface area (Å²) >= 11 is 0. The van der Waals surface area contributed by atoms with Gasteiger partial charge >= 0.3 is 0 Å². The molecule has 4 nitrogen and oxygen atoms in total. The Morgan fingerprint density at radius 1 is 0.953 bits per heavy atom. The topological polar surface area (TPSA) is 63.1 Å². The van der Waals surface area contributed by atoms with E-state index in [1.54, 1.807) is 0 Å². The van der Waals surface area contributed by atoms with Gasteiger partial charge in [0.15, 0.2) is 5.78 Å². The average Bonchev–Trinajstić information content (AvgIpc) is 2.91. The van der Waals surface area contributed by atoms with E-state index >= 15 is 0 Å². The molecule has 0 fully saturated rings. The van der Waals surface area contributed by atoms with E-state index in [-0.39, 0.29) is 48.4 Å². The summed E-state index contributed by atoms with van der Waals surface area (Å²) in [6.45, 7) is 24.5. The molecule has 4 aromatic rings. The van der Waals surface area contributed by atoms with Crippen molar-refractivity contribution in [2.24, 2.45) is 10.8 Å². The Balaban J connectivity index is 0.000000369. The fourth-order valence-electron chi connectivity index (χ4n) is 4.38. The Morgan fingerprint density at radius 3 is 2.12 bits per heavy atom. The number of hydrogen-bond donors (Lipinski definition) is 1. The van der Waals surface area contributed by atoms with Crippen LogP contribution in [0.5, 0.6) is 0 Å². The van der Waals surface area contributed by atoms with Gasteiger partial charge in [0.05, 0.1) is 5.52 Å². The molecule has 0 saturated carbocycles. The van der Waals surface area contributed by atoms with Crippen molar-refractivity contribution < 1.29 is 30.0 Å². The van der Waals surface area contributed by atoms with Gasteiger partial charge in [-0.1, -0.05) is 106 Å². The van der Waals surface area contributed by atoms with E-state index in [2.05, 4.69) is 96.1 Å². The van der Waals surface area contributed by atoms with Gasteiger partial charge in [-0.15, -0.1) is 35.4 Å². The largest absolute Gasteiger partial charge is 0.512 e. The number of hydrogen-bond acceptors (Lipinski definition) is 4. The Labute approximate surface area is 272 Å². The number of aliphatic hydroxyl groups excluding tert-OH is 1. The van der Waals surface area contributed by atoms with Crippen LogP contribution in [-0.4, -0.2) is 20.9 Å². The van der Waals surface area contributed by atoms with Crippen LogP contribution in [0.25, 0.3) is 32.9 Å². The summed E-state index contributed by atoms with van der Waals surface area (Å²) in [5.74, 6) is 1.29. The molecule has 233 valence electrons. The maximum Gasteiger partial charge on any atom is 0.164 e. The fourth-order valence-corrected chi connectivity index (χ4v) is 4.38. The van der Waals surface area contributed by atoms with E-state index < -0.39 is 5.41 Å². The average molecular weight is 758 g/mol. The van der Waals surface area contributed by atoms with Crippen LogP contribution in [-0.2, 0) is 30.3 Å². The van der Waals surface area contributed by atoms with E-state index in [9.17, 15) is 9.90 Å². The first-order chi connectivity index (χ1) is 19.4. The first-order valence-corrected chi connectivity index (χ1v) is 15.0. The summed E-state index contributed by atoms with van der Waals surface area (Å²) in [6, 6.07) is 20.7. The van der Waals surface area contributed by atoms with Crippen molar-refractivity contribution in [2.75, 3.05) is 0 Å². The van der Waals surface area contributed by atoms with E-state index in [0.29, 0.717) is 0 Å². The van der Waals surface area contributed by atoms with Gasteiger partial charge in [0, 0.05) is 48.3 Å². The summed E-state index contributed by atoms with van der Waals surface area (Å²) in [4.78, 5) is 21.5. The molecule has 1 radical (unpaired) electrons. The van der Waals surface area contributed by atoms with Crippen molar-refractivity contribution in [3.8, 4) is 11.3 Å². The molecule has 4 rings (SSSR count). The summed E-state index contributed by atoms with van der Waals surface area (Å²) in [7, 11) is 0. The van der Waals surface area contributed by atoms with Crippen LogP contribution in [0.15, 0.2) is 60.4 Å². The number of fused-ring (bicyclic) bond motifs is 3. The van der Waals surface area contributed by atoms with Gasteiger partial charge in [-0.25, -0.2) is 4.98 Å². The van der Waals surface area contributed by atoms with Gasteiger partial charge in [-0.2, -0.15) is 0 Å².